The van der Waals surface area contributed by atoms with Gasteiger partial charge in [-0.1, -0.05) is 0 Å². The molecular weight excluding hydrogens is 354 g/mol. The Labute approximate surface area is 120 Å². The van der Waals surface area contributed by atoms with Crippen LogP contribution in [0.5, 0.6) is 0 Å². The first-order valence-corrected chi connectivity index (χ1v) is 10.7. The molecule has 0 bridgehead atoms. The van der Waals surface area contributed by atoms with Crippen molar-refractivity contribution in [1.29, 1.82) is 0 Å². The summed E-state index contributed by atoms with van der Waals surface area (Å²) < 4.78 is 1.93. The van der Waals surface area contributed by atoms with Crippen LogP contribution in [0.2, 0.25) is 0 Å². The number of nitrogens with zero attached hydrogens (tertiary/aromatic N) is 1. The van der Waals surface area contributed by atoms with Gasteiger partial charge in [-0.3, -0.25) is 0 Å². The maximum absolute atomic E-state index is 5.91. The fourth-order valence-corrected chi connectivity index (χ4v) is 3.31. The molecule has 0 atom stereocenters. The Hall–Kier alpha value is -0.817. The number of rotatable bonds is 3. The molecule has 4 heteroatoms. The Bertz CT molecular complexity index is 575. The van der Waals surface area contributed by atoms with E-state index < -0.39 is 13.5 Å². The summed E-state index contributed by atoms with van der Waals surface area (Å²) in [6.07, 6.45) is 1.84. The van der Waals surface area contributed by atoms with E-state index in [1.54, 1.807) is 0 Å². The topological polar surface area (TPSA) is 12.4 Å². The van der Waals surface area contributed by atoms with Crippen molar-refractivity contribution < 1.29 is 13.5 Å². The normalized spacial score (nSPS) is 11.6. The first-order valence-electron chi connectivity index (χ1n) is 5.27. The van der Waals surface area contributed by atoms with Crippen molar-refractivity contribution in [3.05, 3.63) is 65.7 Å². The zero-order chi connectivity index (χ0) is 12.8. The Morgan fingerprint density at radius 3 is 2.11 bits per heavy atom. The number of hydrogen-bond donors (Lipinski definition) is 0. The first kappa shape index (κ1) is 13.6. The standard InChI is InChI=1S/C14H11N.2ClH.Ru/c1-12-7-5-6-8-13(12)11-15-14-9-3-2-4-10-14;;;/h1-11H;2*1H;/q;;;+2/p-2. The molecule has 0 saturated heterocycles. The van der Waals surface area contributed by atoms with Crippen molar-refractivity contribution in [1.82, 2.24) is 0 Å². The molecule has 0 N–H and O–H groups in total. The average molecular weight is 365 g/mol. The van der Waals surface area contributed by atoms with Gasteiger partial charge in [0.15, 0.2) is 0 Å². The van der Waals surface area contributed by atoms with Crippen molar-refractivity contribution >= 4 is 35.9 Å². The summed E-state index contributed by atoms with van der Waals surface area (Å²) in [5.74, 6) is 0. The van der Waals surface area contributed by atoms with Crippen LogP contribution >= 0.6 is 19.4 Å². The van der Waals surface area contributed by atoms with Crippen molar-refractivity contribution in [2.24, 2.45) is 4.99 Å². The summed E-state index contributed by atoms with van der Waals surface area (Å²) in [6.45, 7) is 0. The van der Waals surface area contributed by atoms with E-state index in [2.05, 4.69) is 4.99 Å². The van der Waals surface area contributed by atoms with Crippen LogP contribution in [0.4, 0.5) is 5.69 Å². The van der Waals surface area contributed by atoms with E-state index in [1.807, 2.05) is 65.4 Å². The molecule has 0 unspecified atom stereocenters. The summed E-state index contributed by atoms with van der Waals surface area (Å²) in [5.41, 5.74) is 3.00. The molecule has 18 heavy (non-hydrogen) atoms. The molecule has 0 aliphatic carbocycles. The maximum atomic E-state index is 5.91. The van der Waals surface area contributed by atoms with E-state index in [9.17, 15) is 0 Å². The van der Waals surface area contributed by atoms with Gasteiger partial charge >= 0.3 is 120 Å². The summed E-state index contributed by atoms with van der Waals surface area (Å²) in [6, 6.07) is 17.8. The number of para-hydroxylation sites is 1. The second-order valence-electron chi connectivity index (χ2n) is 3.53. The number of benzene rings is 2. The van der Waals surface area contributed by atoms with Gasteiger partial charge in [-0.25, -0.2) is 0 Å². The predicted molar refractivity (Wildman–Crippen MR) is 77.0 cm³/mol. The summed E-state index contributed by atoms with van der Waals surface area (Å²) in [4.78, 5) is 4.43. The first-order chi connectivity index (χ1) is 8.75. The Morgan fingerprint density at radius 1 is 0.833 bits per heavy atom. The molecule has 0 aromatic heterocycles. The average Bonchev–Trinajstić information content (AvgIpc) is 2.38. The molecule has 0 saturated carbocycles. The van der Waals surface area contributed by atoms with Gasteiger partial charge in [0.05, 0.1) is 0 Å². The summed E-state index contributed by atoms with van der Waals surface area (Å²) in [5, 5.41) is 0. The van der Waals surface area contributed by atoms with E-state index in [0.717, 1.165) is 16.8 Å². The molecule has 2 rings (SSSR count). The summed E-state index contributed by atoms with van der Waals surface area (Å²) >= 11 is -1.81. The van der Waals surface area contributed by atoms with Crippen LogP contribution in [0.3, 0.4) is 0 Å². The number of aliphatic imine (C=N–C) groups is 1. The van der Waals surface area contributed by atoms with Crippen LogP contribution in [-0.4, -0.2) is 10.8 Å². The van der Waals surface area contributed by atoms with Gasteiger partial charge in [-0.05, 0) is 0 Å². The molecule has 0 spiro atoms. The van der Waals surface area contributed by atoms with Crippen LogP contribution in [0.15, 0.2) is 59.6 Å². The second kappa shape index (κ2) is 6.94. The number of hydrogen-bond acceptors (Lipinski definition) is 1. The predicted octanol–water partition coefficient (Wildman–Crippen LogP) is 4.51. The van der Waals surface area contributed by atoms with Crippen LogP contribution in [0, 0.1) is 0 Å². The second-order valence-corrected chi connectivity index (χ2v) is 9.25. The van der Waals surface area contributed by atoms with Crippen molar-refractivity contribution in [3.63, 3.8) is 0 Å². The van der Waals surface area contributed by atoms with Crippen LogP contribution < -0.4 is 0 Å². The zero-order valence-corrected chi connectivity index (χ0v) is 12.7. The third-order valence-corrected chi connectivity index (χ3v) is 4.12. The van der Waals surface area contributed by atoms with Gasteiger partial charge in [0.1, 0.15) is 0 Å². The van der Waals surface area contributed by atoms with Gasteiger partial charge in [-0.2, -0.15) is 0 Å². The quantitative estimate of drug-likeness (QED) is 0.561. The zero-order valence-electron chi connectivity index (χ0n) is 9.41. The van der Waals surface area contributed by atoms with E-state index >= 15 is 0 Å². The van der Waals surface area contributed by atoms with E-state index in [0.29, 0.717) is 0 Å². The van der Waals surface area contributed by atoms with Crippen LogP contribution in [-0.2, 0) is 13.5 Å². The Kier molecular flexibility index (Phi) is 5.25. The molecule has 0 aliphatic rings. The molecule has 2 aromatic rings. The van der Waals surface area contributed by atoms with E-state index in [-0.39, 0.29) is 0 Å². The van der Waals surface area contributed by atoms with Gasteiger partial charge in [0.2, 0.25) is 0 Å². The fraction of sp³-hybridized carbons (Fsp3) is 0. The Balaban J connectivity index is 2.29. The van der Waals surface area contributed by atoms with Crippen LogP contribution in [0.25, 0.3) is 0 Å². The third-order valence-electron chi connectivity index (χ3n) is 2.29. The minimum atomic E-state index is -1.81. The molecule has 0 aliphatic heterocycles. The van der Waals surface area contributed by atoms with E-state index in [1.165, 1.54) is 0 Å². The third kappa shape index (κ3) is 4.13. The van der Waals surface area contributed by atoms with Crippen LogP contribution in [0.1, 0.15) is 11.1 Å². The SMILES string of the molecule is [Cl][Ru]([Cl])=[CH]c1ccccc1C=Nc1ccccc1. The van der Waals surface area contributed by atoms with Gasteiger partial charge in [-0.15, -0.1) is 0 Å². The van der Waals surface area contributed by atoms with Crippen molar-refractivity contribution in [2.75, 3.05) is 0 Å². The van der Waals surface area contributed by atoms with Crippen molar-refractivity contribution in [2.45, 2.75) is 0 Å². The molecule has 2 aromatic carbocycles. The monoisotopic (exact) mass is 365 g/mol. The Morgan fingerprint density at radius 2 is 1.44 bits per heavy atom. The summed E-state index contributed by atoms with van der Waals surface area (Å²) in [7, 11) is 11.8. The molecule has 0 fully saturated rings. The van der Waals surface area contributed by atoms with Gasteiger partial charge in [0, 0.05) is 0 Å². The van der Waals surface area contributed by atoms with E-state index in [4.69, 9.17) is 19.4 Å². The number of halogens is 2. The minimum absolute atomic E-state index is 0.929. The molecule has 0 heterocycles. The molecule has 0 amide bonds. The van der Waals surface area contributed by atoms with Gasteiger partial charge < -0.3 is 0 Å². The molecular formula is C14H11Cl2NRu. The molecule has 1 nitrogen and oxygen atoms in total. The molecule has 0 radical (unpaired) electrons. The van der Waals surface area contributed by atoms with Gasteiger partial charge in [0.25, 0.3) is 0 Å². The van der Waals surface area contributed by atoms with Crippen molar-refractivity contribution in [3.8, 4) is 0 Å². The molecule has 94 valence electrons. The fourth-order valence-electron chi connectivity index (χ4n) is 1.46.